The zero-order chi connectivity index (χ0) is 106. The molecule has 0 spiro atoms. The van der Waals surface area contributed by atoms with E-state index >= 15 is 0 Å². The maximum absolute atomic E-state index is 14.7. The minimum Gasteiger partial charge on any atom is -0.447 e. The van der Waals surface area contributed by atoms with Crippen LogP contribution in [0.25, 0.3) is 0 Å². The van der Waals surface area contributed by atoms with Gasteiger partial charge in [-0.25, -0.2) is 28.8 Å². The highest BCUT2D eigenvalue weighted by Crippen LogP contribution is 2.67. The van der Waals surface area contributed by atoms with E-state index in [9.17, 15) is 86.3 Å². The quantitative estimate of drug-likeness (QED) is 0.0178. The number of ketones is 3. The summed E-state index contributed by atoms with van der Waals surface area (Å²) < 4.78 is 16.1. The SMILES string of the molecule is C=CCNC(=O)C(=O)C(CCC)NC(=O)[C@@H]1[C@@H]2[C@H](CN1C(=O)[C@@H](NC(=O)N[C@H](COC(=O)NCC1CC1)C(C)(C)C)C(C)(C)C)C2(C)C.CC(C)NC(=O)OC[C@@H](NC(=O)N[C@H](C(=O)N1C[C@H]2[C@@H]([C@H]1C(=O)NC(CC1CCC1)C(=O)C(N)=O)C2(C)C)C1Cc2ccccc2C1)C(C)C.CCNC(=O)OC[C@@H](NC(=O)N[C@H](C(=O)N1C[C@H]2[C@@H]([C@H]1C(=O)NC(CC1CC1)C(=O)C(N)=O)C2(C)C)C(C)(C)C)C(C)(C)C. The predicted molar refractivity (Wildman–Crippen MR) is 530 cm³/mol. The summed E-state index contributed by atoms with van der Waals surface area (Å²) in [5, 5.41) is 36.1. The van der Waals surface area contributed by atoms with Crippen molar-refractivity contribution in [3.63, 3.8) is 0 Å². The summed E-state index contributed by atoms with van der Waals surface area (Å²) in [7, 11) is 0. The first kappa shape index (κ1) is 114. The Morgan fingerprint density at radius 1 is 0.451 bits per heavy atom. The summed E-state index contributed by atoms with van der Waals surface area (Å²) in [5.74, 6) is -7.73. The van der Waals surface area contributed by atoms with Gasteiger partial charge in [0.2, 0.25) is 52.8 Å². The number of carbonyl (C=O) groups excluding carboxylic acids is 18. The number of nitrogens with one attached hydrogen (secondary N) is 13. The Morgan fingerprint density at radius 3 is 1.19 bits per heavy atom. The van der Waals surface area contributed by atoms with Gasteiger partial charge in [-0.3, -0.25) is 57.5 Å². The molecular weight excluding hydrogens is 1830 g/mol. The molecule has 142 heavy (non-hydrogen) atoms. The Morgan fingerprint density at radius 2 is 0.838 bits per heavy atom. The number of Topliss-reactive ketones (excluding diaryl/α,β-unsaturated/α-hetero) is 3. The van der Waals surface area contributed by atoms with Crippen molar-refractivity contribution >= 4 is 107 Å². The van der Waals surface area contributed by atoms with E-state index in [0.717, 1.165) is 56.1 Å². The molecule has 3 heterocycles. The van der Waals surface area contributed by atoms with Crippen LogP contribution in [0.4, 0.5) is 28.8 Å². The summed E-state index contributed by atoms with van der Waals surface area (Å²) >= 11 is 0. The van der Waals surface area contributed by atoms with Crippen LogP contribution in [0.2, 0.25) is 0 Å². The highest BCUT2D eigenvalue weighted by molar-refractivity contribution is 6.39. The van der Waals surface area contributed by atoms with Gasteiger partial charge in [0.05, 0.1) is 36.3 Å². The van der Waals surface area contributed by atoms with E-state index in [2.05, 4.69) is 103 Å². The van der Waals surface area contributed by atoms with Gasteiger partial charge >= 0.3 is 36.4 Å². The minimum absolute atomic E-state index is 0.0579. The van der Waals surface area contributed by atoms with E-state index in [-0.39, 0.29) is 120 Å². The molecule has 0 bridgehead atoms. The van der Waals surface area contributed by atoms with Gasteiger partial charge in [-0.05, 0) is 180 Å². The van der Waals surface area contributed by atoms with E-state index in [1.165, 1.54) is 15.9 Å². The Labute approximate surface area is 836 Å². The van der Waals surface area contributed by atoms with Crippen molar-refractivity contribution in [3.05, 3.63) is 48.0 Å². The zero-order valence-corrected chi connectivity index (χ0v) is 88.1. The number of primary amides is 2. The van der Waals surface area contributed by atoms with Crippen molar-refractivity contribution in [2.24, 2.45) is 114 Å². The molecule has 0 radical (unpaired) electrons. The molecule has 10 aliphatic rings. The van der Waals surface area contributed by atoms with Gasteiger partial charge in [0.1, 0.15) is 56.1 Å². The number of hydrogen-bond acceptors (Lipinski definition) is 21. The second-order valence-corrected chi connectivity index (χ2v) is 47.7. The summed E-state index contributed by atoms with van der Waals surface area (Å²) in [6.45, 7) is 51.2. The van der Waals surface area contributed by atoms with Crippen LogP contribution in [-0.2, 0) is 84.6 Å². The third-order valence-electron chi connectivity index (χ3n) is 30.8. The molecule has 11 rings (SSSR count). The number of fused-ring (bicyclic) bond motifs is 4. The second kappa shape index (κ2) is 46.7. The van der Waals surface area contributed by atoms with E-state index in [1.54, 1.807) is 11.8 Å². The number of hydrogen-bond donors (Lipinski definition) is 15. The largest absolute Gasteiger partial charge is 0.447 e. The van der Waals surface area contributed by atoms with Crippen LogP contribution in [0.1, 0.15) is 248 Å². The first-order chi connectivity index (χ1) is 66.0. The molecule has 18 amide bonds. The molecular formula is C103H164N18O21. The number of piperidine rings is 3. The Kier molecular flexibility index (Phi) is 37.6. The Bertz CT molecular complexity index is 4790. The van der Waals surface area contributed by atoms with Gasteiger partial charge in [0.15, 0.2) is 0 Å². The topological polar surface area (TPSA) is 553 Å². The van der Waals surface area contributed by atoms with Gasteiger partial charge in [-0.1, -0.05) is 214 Å². The van der Waals surface area contributed by atoms with E-state index in [4.69, 9.17) is 25.7 Å². The number of alkyl carbamates (subject to hydrolysis) is 3. The highest BCUT2D eigenvalue weighted by atomic mass is 16.6. The number of benzene rings is 1. The van der Waals surface area contributed by atoms with E-state index < -0.39 is 195 Å². The molecule has 7 aliphatic carbocycles. The number of amides is 18. The van der Waals surface area contributed by atoms with Crippen molar-refractivity contribution in [3.8, 4) is 0 Å². The summed E-state index contributed by atoms with van der Waals surface area (Å²) in [4.78, 5) is 241. The average Bonchev–Trinajstić information content (AvgIpc) is 1.53. The maximum Gasteiger partial charge on any atom is 0.407 e. The molecule has 9 fully saturated rings. The van der Waals surface area contributed by atoms with Gasteiger partial charge < -0.3 is 109 Å². The minimum atomic E-state index is -1.10. The molecule has 3 saturated heterocycles. The van der Waals surface area contributed by atoms with Crippen LogP contribution in [0.15, 0.2) is 36.9 Å². The fraction of sp³-hybridized carbons (Fsp3) is 0.748. The highest BCUT2D eigenvalue weighted by Gasteiger charge is 2.73. The standard InChI is InChI=1S/C37H54N6O7.C35H58N6O7.C31H52N6O7/c1-19(2)27(18-50-36(49)39-20(3)4)41-35(48)42-29(24-15-22-12-7-8-13-23(22)16-24)34(47)43-17-25-28(37(25,5)6)30(43)33(46)40-26(31(44)32(38)45)14-21-10-9-11-21;1-11-13-22(26(42)29(44)36-16-12-2)38-28(43)25-24-21(35(24,9)10)18-41(25)30(45)27(34(6,7)8)40-31(46)39-23(33(3,4)5)19-48-32(47)37-17-20-14-15-20;1-10-33-28(43)44-15-19(29(2,3)4)35-27(42)36-23(30(5,6)7)26(41)37-14-17-20(31(17,8)9)21(37)25(40)34-18(13-16-11-12-16)22(38)24(32)39/h7-8,12-13,19-21,24-30H,9-11,14-18H2,1-6H3,(H2,38,45)(H,39,49)(H,40,46)(H2,41,42,48);12,20-25,27H,2,11,13-19H2,1,3-10H3,(H,36,44)(H,37,47)(H,38,43)(H2,39,40,46);16-21,23H,10-15H2,1-9H3,(H2,32,39)(H,33,43)(H,34,40)(H2,35,36,42)/t25-,26?,27+,28-,29-,30-;21-,22?,23+,24-,25-,27+;17-,18?,19+,20-,21-,23+/m000/s1. The molecule has 792 valence electrons. The molecule has 1 aromatic carbocycles. The lowest BCUT2D eigenvalue weighted by atomic mass is 9.80. The molecule has 3 unspecified atom stereocenters. The molecule has 0 aromatic heterocycles. The van der Waals surface area contributed by atoms with Crippen LogP contribution >= 0.6 is 0 Å². The first-order valence-corrected chi connectivity index (χ1v) is 51.0. The molecule has 39 nitrogen and oxygen atoms in total. The number of ether oxygens (including phenoxy) is 3. The molecule has 39 heteroatoms. The van der Waals surface area contributed by atoms with Crippen molar-refractivity contribution in [1.29, 1.82) is 0 Å². The van der Waals surface area contributed by atoms with Gasteiger partial charge in [0, 0.05) is 45.3 Å². The molecule has 6 saturated carbocycles. The van der Waals surface area contributed by atoms with Crippen LogP contribution in [0.3, 0.4) is 0 Å². The van der Waals surface area contributed by atoms with Crippen LogP contribution in [-0.4, -0.2) is 259 Å². The number of likely N-dealkylation sites (tertiary alicyclic amines) is 3. The van der Waals surface area contributed by atoms with Gasteiger partial charge in [0.25, 0.3) is 17.7 Å². The number of carbonyl (C=O) groups is 18. The van der Waals surface area contributed by atoms with E-state index in [0.29, 0.717) is 70.7 Å². The lowest BCUT2D eigenvalue weighted by Crippen LogP contribution is -2.62. The number of urea groups is 3. The summed E-state index contributed by atoms with van der Waals surface area (Å²) in [5.41, 5.74) is 9.85. The van der Waals surface area contributed by atoms with Crippen LogP contribution in [0.5, 0.6) is 0 Å². The Balaban J connectivity index is 0.000000238. The number of nitrogens with zero attached hydrogens (tertiary/aromatic N) is 3. The van der Waals surface area contributed by atoms with Gasteiger partial charge in [-0.2, -0.15) is 0 Å². The predicted octanol–water partition coefficient (Wildman–Crippen LogP) is 7.01. The van der Waals surface area contributed by atoms with Crippen molar-refractivity contribution in [2.75, 3.05) is 59.1 Å². The smallest absolute Gasteiger partial charge is 0.407 e. The van der Waals surface area contributed by atoms with Gasteiger partial charge in [-0.15, -0.1) is 6.58 Å². The third kappa shape index (κ3) is 29.3. The molecule has 3 aliphatic heterocycles. The first-order valence-electron chi connectivity index (χ1n) is 51.0. The third-order valence-corrected chi connectivity index (χ3v) is 30.8. The normalized spacial score (nSPS) is 23.7. The summed E-state index contributed by atoms with van der Waals surface area (Å²) in [6, 6.07) is -4.33. The number of rotatable bonds is 41. The summed E-state index contributed by atoms with van der Waals surface area (Å²) in [6.07, 6.45) is 9.23. The van der Waals surface area contributed by atoms with Crippen molar-refractivity contribution in [2.45, 2.75) is 328 Å². The number of nitrogens with two attached hydrogens (primary N) is 2. The molecule has 18 atom stereocenters. The average molecular weight is 1990 g/mol. The lowest BCUT2D eigenvalue weighted by Gasteiger charge is -2.38. The zero-order valence-electron chi connectivity index (χ0n) is 88.1. The monoisotopic (exact) mass is 1990 g/mol. The molecule has 17 N–H and O–H groups in total. The second-order valence-electron chi connectivity index (χ2n) is 47.7. The van der Waals surface area contributed by atoms with Crippen molar-refractivity contribution in [1.82, 2.24) is 83.8 Å². The fourth-order valence-electron chi connectivity index (χ4n) is 20.7. The Hall–Kier alpha value is -11.2. The molecule has 1 aromatic rings. The van der Waals surface area contributed by atoms with Crippen LogP contribution < -0.4 is 80.6 Å². The fourth-order valence-corrected chi connectivity index (χ4v) is 20.7. The maximum atomic E-state index is 14.7. The van der Waals surface area contributed by atoms with Crippen LogP contribution in [0, 0.1) is 103 Å². The van der Waals surface area contributed by atoms with E-state index in [1.807, 2.05) is 156 Å². The lowest BCUT2D eigenvalue weighted by molar-refractivity contribution is -0.145. The van der Waals surface area contributed by atoms with Crippen molar-refractivity contribution < 1.29 is 101 Å².